The minimum absolute atomic E-state index is 0.0601. The molecule has 0 aromatic carbocycles. The molecule has 0 spiro atoms. The number of hydrogen-bond acceptors (Lipinski definition) is 3. The Labute approximate surface area is 81.2 Å². The van der Waals surface area contributed by atoms with Crippen LogP contribution in [-0.2, 0) is 4.74 Å². The van der Waals surface area contributed by atoms with E-state index in [9.17, 15) is 0 Å². The first-order chi connectivity index (χ1) is 6.24. The third-order valence-corrected chi connectivity index (χ3v) is 1.73. The van der Waals surface area contributed by atoms with Crippen LogP contribution in [0, 0.1) is 12.3 Å². The lowest BCUT2D eigenvalue weighted by Crippen LogP contribution is -2.40. The first-order valence-electron chi connectivity index (χ1n) is 4.64. The van der Waals surface area contributed by atoms with Crippen LogP contribution in [0.2, 0.25) is 0 Å². The van der Waals surface area contributed by atoms with Crippen molar-refractivity contribution in [3.63, 3.8) is 0 Å². The molecule has 0 fully saturated rings. The molecule has 0 saturated carbocycles. The van der Waals surface area contributed by atoms with E-state index in [2.05, 4.69) is 17.7 Å². The van der Waals surface area contributed by atoms with Crippen molar-refractivity contribution in [3.05, 3.63) is 0 Å². The number of methoxy groups -OCH3 is 1. The van der Waals surface area contributed by atoms with Gasteiger partial charge in [-0.2, -0.15) is 0 Å². The highest BCUT2D eigenvalue weighted by Crippen LogP contribution is 1.93. The molecule has 0 aliphatic heterocycles. The Hall–Kier alpha value is -0.560. The standard InChI is InChI=1S/C10H20N2O/c1-4-6-12(7-5-2)8-10(11)9-13-3/h1,10H,5-9,11H2,2-3H3. The molecule has 0 aliphatic rings. The van der Waals surface area contributed by atoms with Crippen LogP contribution in [0.5, 0.6) is 0 Å². The lowest BCUT2D eigenvalue weighted by Gasteiger charge is -2.22. The maximum atomic E-state index is 5.81. The van der Waals surface area contributed by atoms with E-state index < -0.39 is 0 Å². The van der Waals surface area contributed by atoms with Gasteiger partial charge in [-0.05, 0) is 13.0 Å². The summed E-state index contributed by atoms with van der Waals surface area (Å²) in [5, 5.41) is 0. The van der Waals surface area contributed by atoms with E-state index >= 15 is 0 Å². The van der Waals surface area contributed by atoms with E-state index in [0.29, 0.717) is 13.2 Å². The van der Waals surface area contributed by atoms with Crippen LogP contribution in [0.1, 0.15) is 13.3 Å². The normalized spacial score (nSPS) is 12.8. The van der Waals surface area contributed by atoms with Crippen molar-refractivity contribution in [2.45, 2.75) is 19.4 Å². The predicted molar refractivity (Wildman–Crippen MR) is 55.4 cm³/mol. The van der Waals surface area contributed by atoms with Gasteiger partial charge in [-0.25, -0.2) is 0 Å². The Morgan fingerprint density at radius 3 is 2.77 bits per heavy atom. The molecular weight excluding hydrogens is 164 g/mol. The third-order valence-electron chi connectivity index (χ3n) is 1.73. The van der Waals surface area contributed by atoms with Gasteiger partial charge in [0, 0.05) is 19.7 Å². The second-order valence-electron chi connectivity index (χ2n) is 3.15. The average molecular weight is 184 g/mol. The molecule has 0 heterocycles. The fourth-order valence-electron chi connectivity index (χ4n) is 1.28. The third kappa shape index (κ3) is 6.59. The minimum atomic E-state index is 0.0601. The van der Waals surface area contributed by atoms with Gasteiger partial charge < -0.3 is 10.5 Å². The molecule has 1 unspecified atom stereocenters. The fourth-order valence-corrected chi connectivity index (χ4v) is 1.28. The van der Waals surface area contributed by atoms with E-state index in [0.717, 1.165) is 19.5 Å². The number of nitrogens with two attached hydrogens (primary N) is 1. The van der Waals surface area contributed by atoms with Crippen LogP contribution in [0.25, 0.3) is 0 Å². The largest absolute Gasteiger partial charge is 0.383 e. The van der Waals surface area contributed by atoms with Gasteiger partial charge >= 0.3 is 0 Å². The van der Waals surface area contributed by atoms with Crippen LogP contribution in [0.3, 0.4) is 0 Å². The topological polar surface area (TPSA) is 38.5 Å². The van der Waals surface area contributed by atoms with Crippen LogP contribution < -0.4 is 5.73 Å². The highest BCUT2D eigenvalue weighted by molar-refractivity contribution is 4.88. The Morgan fingerprint density at radius 2 is 2.31 bits per heavy atom. The van der Waals surface area contributed by atoms with Crippen LogP contribution in [-0.4, -0.2) is 44.3 Å². The summed E-state index contributed by atoms with van der Waals surface area (Å²) in [5.74, 6) is 2.63. The van der Waals surface area contributed by atoms with Gasteiger partial charge in [-0.3, -0.25) is 4.90 Å². The Balaban J connectivity index is 3.73. The van der Waals surface area contributed by atoms with Crippen molar-refractivity contribution in [2.75, 3.05) is 33.4 Å². The van der Waals surface area contributed by atoms with E-state index in [1.165, 1.54) is 0 Å². The molecule has 0 radical (unpaired) electrons. The van der Waals surface area contributed by atoms with E-state index in [4.69, 9.17) is 16.9 Å². The van der Waals surface area contributed by atoms with Gasteiger partial charge in [0.25, 0.3) is 0 Å². The van der Waals surface area contributed by atoms with Crippen LogP contribution in [0.15, 0.2) is 0 Å². The summed E-state index contributed by atoms with van der Waals surface area (Å²) >= 11 is 0. The second kappa shape index (κ2) is 8.06. The van der Waals surface area contributed by atoms with Gasteiger partial charge in [-0.15, -0.1) is 6.42 Å². The first kappa shape index (κ1) is 12.4. The zero-order valence-electron chi connectivity index (χ0n) is 8.62. The van der Waals surface area contributed by atoms with Crippen molar-refractivity contribution < 1.29 is 4.74 Å². The molecular formula is C10H20N2O. The summed E-state index contributed by atoms with van der Waals surface area (Å²) in [6, 6.07) is 0.0601. The van der Waals surface area contributed by atoms with Crippen molar-refractivity contribution in [1.29, 1.82) is 0 Å². The molecule has 76 valence electrons. The summed E-state index contributed by atoms with van der Waals surface area (Å²) in [7, 11) is 1.66. The molecule has 0 aromatic rings. The zero-order chi connectivity index (χ0) is 10.1. The predicted octanol–water partition coefficient (Wildman–Crippen LogP) is 0.305. The molecule has 0 amide bonds. The Bertz CT molecular complexity index is 153. The number of rotatable bonds is 7. The van der Waals surface area contributed by atoms with Gasteiger partial charge in [0.2, 0.25) is 0 Å². The number of ether oxygens (including phenoxy) is 1. The number of nitrogens with zero attached hydrogens (tertiary/aromatic N) is 1. The summed E-state index contributed by atoms with van der Waals surface area (Å²) in [6.45, 7) is 5.20. The van der Waals surface area contributed by atoms with Crippen molar-refractivity contribution >= 4 is 0 Å². The SMILES string of the molecule is C#CCN(CCC)CC(N)COC. The van der Waals surface area contributed by atoms with Gasteiger partial charge in [0.05, 0.1) is 13.2 Å². The lowest BCUT2D eigenvalue weighted by molar-refractivity contribution is 0.158. The van der Waals surface area contributed by atoms with Crippen molar-refractivity contribution in [2.24, 2.45) is 5.73 Å². The molecule has 13 heavy (non-hydrogen) atoms. The summed E-state index contributed by atoms with van der Waals surface area (Å²) in [5.41, 5.74) is 5.81. The summed E-state index contributed by atoms with van der Waals surface area (Å²) in [6.07, 6.45) is 6.34. The van der Waals surface area contributed by atoms with E-state index in [1.54, 1.807) is 7.11 Å². The highest BCUT2D eigenvalue weighted by Gasteiger charge is 2.07. The first-order valence-corrected chi connectivity index (χ1v) is 4.64. The molecule has 0 bridgehead atoms. The Morgan fingerprint density at radius 1 is 1.62 bits per heavy atom. The van der Waals surface area contributed by atoms with Crippen molar-refractivity contribution in [1.82, 2.24) is 4.90 Å². The second-order valence-corrected chi connectivity index (χ2v) is 3.15. The van der Waals surface area contributed by atoms with Gasteiger partial charge in [0.1, 0.15) is 0 Å². The zero-order valence-corrected chi connectivity index (χ0v) is 8.62. The molecule has 0 saturated heterocycles. The maximum Gasteiger partial charge on any atom is 0.0626 e. The van der Waals surface area contributed by atoms with Crippen molar-refractivity contribution in [3.8, 4) is 12.3 Å². The van der Waals surface area contributed by atoms with Crippen LogP contribution >= 0.6 is 0 Å². The van der Waals surface area contributed by atoms with Crippen LogP contribution in [0.4, 0.5) is 0 Å². The van der Waals surface area contributed by atoms with Gasteiger partial charge in [-0.1, -0.05) is 12.8 Å². The number of terminal acetylenes is 1. The minimum Gasteiger partial charge on any atom is -0.383 e. The molecule has 0 aromatic heterocycles. The highest BCUT2D eigenvalue weighted by atomic mass is 16.5. The summed E-state index contributed by atoms with van der Waals surface area (Å²) < 4.78 is 4.96. The molecule has 3 heteroatoms. The molecule has 0 aliphatic carbocycles. The smallest absolute Gasteiger partial charge is 0.0626 e. The lowest BCUT2D eigenvalue weighted by atomic mass is 10.3. The Kier molecular flexibility index (Phi) is 7.71. The van der Waals surface area contributed by atoms with E-state index in [-0.39, 0.29) is 6.04 Å². The summed E-state index contributed by atoms with van der Waals surface area (Å²) in [4.78, 5) is 2.17. The monoisotopic (exact) mass is 184 g/mol. The molecule has 2 N–H and O–H groups in total. The fraction of sp³-hybridized carbons (Fsp3) is 0.800. The quantitative estimate of drug-likeness (QED) is 0.579. The van der Waals surface area contributed by atoms with Gasteiger partial charge in [0.15, 0.2) is 0 Å². The molecule has 1 atom stereocenters. The number of hydrogen-bond donors (Lipinski definition) is 1. The molecule has 3 nitrogen and oxygen atoms in total. The molecule has 0 rings (SSSR count). The average Bonchev–Trinajstić information content (AvgIpc) is 2.05. The maximum absolute atomic E-state index is 5.81. The van der Waals surface area contributed by atoms with E-state index in [1.807, 2.05) is 0 Å².